The van der Waals surface area contributed by atoms with Gasteiger partial charge in [0.25, 0.3) is 5.22 Å². The molecule has 3 N–H and O–H groups in total. The topological polar surface area (TPSA) is 95.6 Å². The summed E-state index contributed by atoms with van der Waals surface area (Å²) in [6.45, 7) is 2.24. The monoisotopic (exact) mass is 344 g/mol. The smallest absolute Gasteiger partial charge is 0.257 e. The summed E-state index contributed by atoms with van der Waals surface area (Å²) in [5.74, 6) is -0.397. The van der Waals surface area contributed by atoms with Crippen LogP contribution in [0.3, 0.4) is 0 Å². The Kier molecular flexibility index (Phi) is 4.61. The zero-order valence-corrected chi connectivity index (χ0v) is 13.8. The lowest BCUT2D eigenvalue weighted by molar-refractivity contribution is -0.118. The minimum absolute atomic E-state index is 0.175. The molecule has 0 spiro atoms. The molecule has 0 aliphatic heterocycles. The lowest BCUT2D eigenvalue weighted by Crippen LogP contribution is -2.24. The summed E-state index contributed by atoms with van der Waals surface area (Å²) >= 11 is 1.22. The Labute approximate surface area is 142 Å². The van der Waals surface area contributed by atoms with E-state index in [9.17, 15) is 15.0 Å². The maximum absolute atomic E-state index is 11.9. The average Bonchev–Trinajstić information content (AvgIpc) is 2.96. The highest BCUT2D eigenvalue weighted by molar-refractivity contribution is 7.99. The summed E-state index contributed by atoms with van der Waals surface area (Å²) < 4.78 is 5.60. The molecule has 0 radical (unpaired) electrons. The van der Waals surface area contributed by atoms with Gasteiger partial charge in [-0.15, -0.1) is 0 Å². The minimum Gasteiger partial charge on any atom is -0.504 e. The van der Waals surface area contributed by atoms with Crippen molar-refractivity contribution >= 4 is 28.8 Å². The quantitative estimate of drug-likeness (QED) is 0.486. The van der Waals surface area contributed by atoms with E-state index in [4.69, 9.17) is 4.42 Å². The van der Waals surface area contributed by atoms with Gasteiger partial charge in [-0.2, -0.15) is 0 Å². The lowest BCUT2D eigenvalue weighted by atomic mass is 10.2. The molecule has 6 nitrogen and oxygen atoms in total. The Bertz CT molecular complexity index is 891. The van der Waals surface area contributed by atoms with Crippen molar-refractivity contribution in [2.45, 2.75) is 18.7 Å². The van der Waals surface area contributed by atoms with E-state index in [1.54, 1.807) is 6.07 Å². The van der Waals surface area contributed by atoms with Crippen molar-refractivity contribution in [1.82, 2.24) is 10.3 Å². The van der Waals surface area contributed by atoms with E-state index in [0.717, 1.165) is 11.1 Å². The highest BCUT2D eigenvalue weighted by Gasteiger charge is 2.10. The van der Waals surface area contributed by atoms with Crippen LogP contribution in [0.5, 0.6) is 11.5 Å². The van der Waals surface area contributed by atoms with Crippen LogP contribution in [0.25, 0.3) is 11.1 Å². The summed E-state index contributed by atoms with van der Waals surface area (Å²) in [5.41, 5.74) is 3.26. The summed E-state index contributed by atoms with van der Waals surface area (Å²) in [6, 6.07) is 10.2. The molecule has 0 atom stereocenters. The van der Waals surface area contributed by atoms with Gasteiger partial charge in [0.05, 0.1) is 5.75 Å². The molecule has 24 heavy (non-hydrogen) atoms. The van der Waals surface area contributed by atoms with Crippen molar-refractivity contribution in [2.75, 3.05) is 5.75 Å². The van der Waals surface area contributed by atoms with Crippen molar-refractivity contribution in [3.63, 3.8) is 0 Å². The average molecular weight is 344 g/mol. The normalized spacial score (nSPS) is 10.9. The minimum atomic E-state index is -0.210. The van der Waals surface area contributed by atoms with Crippen molar-refractivity contribution in [3.05, 3.63) is 47.5 Å². The molecule has 1 amide bonds. The Balaban J connectivity index is 1.53. The SMILES string of the molecule is Cc1ccc2nc(SCC(=O)NCc3ccc(O)c(O)c3)oc2c1. The zero-order chi connectivity index (χ0) is 17.1. The molecule has 0 saturated heterocycles. The van der Waals surface area contributed by atoms with Crippen LogP contribution in [0, 0.1) is 6.92 Å². The maximum Gasteiger partial charge on any atom is 0.257 e. The van der Waals surface area contributed by atoms with Gasteiger partial charge >= 0.3 is 0 Å². The molecule has 7 heteroatoms. The third-order valence-electron chi connectivity index (χ3n) is 3.38. The number of nitrogens with one attached hydrogen (secondary N) is 1. The number of nitrogens with zero attached hydrogens (tertiary/aromatic N) is 1. The number of fused-ring (bicyclic) bond motifs is 1. The Morgan fingerprint density at radius 3 is 2.83 bits per heavy atom. The van der Waals surface area contributed by atoms with E-state index in [-0.39, 0.29) is 29.7 Å². The number of hydrogen-bond donors (Lipinski definition) is 3. The fourth-order valence-electron chi connectivity index (χ4n) is 2.13. The molecule has 0 fully saturated rings. The second kappa shape index (κ2) is 6.84. The molecule has 0 bridgehead atoms. The summed E-state index contributed by atoms with van der Waals surface area (Å²) in [4.78, 5) is 16.2. The molecule has 0 unspecified atom stereocenters. The van der Waals surface area contributed by atoms with Gasteiger partial charge in [-0.1, -0.05) is 23.9 Å². The van der Waals surface area contributed by atoms with Crippen molar-refractivity contribution in [1.29, 1.82) is 0 Å². The summed E-state index contributed by atoms with van der Waals surface area (Å²) in [6.07, 6.45) is 0. The van der Waals surface area contributed by atoms with Gasteiger partial charge < -0.3 is 19.9 Å². The molecular formula is C17H16N2O4S. The van der Waals surface area contributed by atoms with Crippen LogP contribution in [0.1, 0.15) is 11.1 Å². The number of phenolic OH excluding ortho intramolecular Hbond substituents is 2. The molecule has 2 aromatic carbocycles. The third kappa shape index (κ3) is 3.80. The van der Waals surface area contributed by atoms with E-state index in [1.807, 2.05) is 25.1 Å². The number of aryl methyl sites for hydroxylation is 1. The fourth-order valence-corrected chi connectivity index (χ4v) is 2.80. The Morgan fingerprint density at radius 1 is 1.21 bits per heavy atom. The Morgan fingerprint density at radius 2 is 2.04 bits per heavy atom. The van der Waals surface area contributed by atoms with Gasteiger partial charge in [0, 0.05) is 6.54 Å². The van der Waals surface area contributed by atoms with Crippen LogP contribution in [0.15, 0.2) is 46.0 Å². The number of hydrogen-bond acceptors (Lipinski definition) is 6. The number of thioether (sulfide) groups is 1. The first-order chi connectivity index (χ1) is 11.5. The predicted molar refractivity (Wildman–Crippen MR) is 91.1 cm³/mol. The van der Waals surface area contributed by atoms with Crippen LogP contribution in [-0.2, 0) is 11.3 Å². The number of amides is 1. The highest BCUT2D eigenvalue weighted by atomic mass is 32.2. The molecular weight excluding hydrogens is 328 g/mol. The summed E-state index contributed by atoms with van der Waals surface area (Å²) in [7, 11) is 0. The number of rotatable bonds is 5. The van der Waals surface area contributed by atoms with Crippen LogP contribution in [-0.4, -0.2) is 26.9 Å². The third-order valence-corrected chi connectivity index (χ3v) is 4.21. The highest BCUT2D eigenvalue weighted by Crippen LogP contribution is 2.25. The lowest BCUT2D eigenvalue weighted by Gasteiger charge is -2.05. The van der Waals surface area contributed by atoms with Gasteiger partial charge in [-0.05, 0) is 42.3 Å². The van der Waals surface area contributed by atoms with E-state index in [1.165, 1.54) is 23.9 Å². The van der Waals surface area contributed by atoms with Gasteiger partial charge in [0.2, 0.25) is 5.91 Å². The molecule has 0 saturated carbocycles. The molecule has 1 heterocycles. The van der Waals surface area contributed by atoms with Crippen molar-refractivity contribution < 1.29 is 19.4 Å². The number of oxazole rings is 1. The number of carbonyl (C=O) groups excluding carboxylic acids is 1. The number of carbonyl (C=O) groups is 1. The molecule has 0 aliphatic rings. The van der Waals surface area contributed by atoms with Gasteiger partial charge in [0.15, 0.2) is 17.1 Å². The van der Waals surface area contributed by atoms with E-state index in [0.29, 0.717) is 16.4 Å². The second-order valence-electron chi connectivity index (χ2n) is 5.34. The number of benzene rings is 2. The van der Waals surface area contributed by atoms with Crippen LogP contribution < -0.4 is 5.32 Å². The number of aromatic hydroxyl groups is 2. The number of phenols is 2. The first kappa shape index (κ1) is 16.2. The standard InChI is InChI=1S/C17H16N2O4S/c1-10-2-4-12-15(6-10)23-17(19-12)24-9-16(22)18-8-11-3-5-13(20)14(21)7-11/h2-7,20-21H,8-9H2,1H3,(H,18,22). The zero-order valence-electron chi connectivity index (χ0n) is 12.9. The van der Waals surface area contributed by atoms with Crippen molar-refractivity contribution in [2.24, 2.45) is 0 Å². The predicted octanol–water partition coefficient (Wildman–Crippen LogP) is 2.96. The fraction of sp³-hybridized carbons (Fsp3) is 0.176. The van der Waals surface area contributed by atoms with E-state index < -0.39 is 0 Å². The van der Waals surface area contributed by atoms with Crippen LogP contribution in [0.4, 0.5) is 0 Å². The van der Waals surface area contributed by atoms with Crippen LogP contribution >= 0.6 is 11.8 Å². The number of aromatic nitrogens is 1. The largest absolute Gasteiger partial charge is 0.504 e. The van der Waals surface area contributed by atoms with E-state index in [2.05, 4.69) is 10.3 Å². The van der Waals surface area contributed by atoms with Gasteiger partial charge in [0.1, 0.15) is 5.52 Å². The van der Waals surface area contributed by atoms with Gasteiger partial charge in [-0.3, -0.25) is 4.79 Å². The molecule has 3 aromatic rings. The van der Waals surface area contributed by atoms with Gasteiger partial charge in [-0.25, -0.2) is 4.98 Å². The summed E-state index contributed by atoms with van der Waals surface area (Å²) in [5, 5.41) is 21.9. The Hall–Kier alpha value is -2.67. The molecule has 1 aromatic heterocycles. The molecule has 124 valence electrons. The molecule has 3 rings (SSSR count). The van der Waals surface area contributed by atoms with E-state index >= 15 is 0 Å². The first-order valence-corrected chi connectivity index (χ1v) is 8.27. The second-order valence-corrected chi connectivity index (χ2v) is 6.27. The van der Waals surface area contributed by atoms with Crippen LogP contribution in [0.2, 0.25) is 0 Å². The molecule has 0 aliphatic carbocycles. The van der Waals surface area contributed by atoms with Crippen molar-refractivity contribution in [3.8, 4) is 11.5 Å². The maximum atomic E-state index is 11.9. The first-order valence-electron chi connectivity index (χ1n) is 7.29.